The summed E-state index contributed by atoms with van der Waals surface area (Å²) in [7, 11) is 1.63. The molecular formula is C11H15BrN2O3S. The maximum absolute atomic E-state index is 11.8. The number of thiophene rings is 1. The third kappa shape index (κ3) is 3.99. The molecule has 1 aromatic rings. The largest absolute Gasteiger partial charge is 0.480 e. The van der Waals surface area contributed by atoms with Crippen LogP contribution in [0.15, 0.2) is 15.9 Å². The molecule has 0 saturated carbocycles. The molecule has 100 valence electrons. The molecule has 0 atom stereocenters. The van der Waals surface area contributed by atoms with Crippen molar-refractivity contribution in [2.75, 3.05) is 7.05 Å². The van der Waals surface area contributed by atoms with E-state index in [0.29, 0.717) is 6.54 Å². The van der Waals surface area contributed by atoms with Crippen molar-refractivity contribution in [3.8, 4) is 0 Å². The average molecular weight is 335 g/mol. The number of aliphatic carboxylic acids is 1. The van der Waals surface area contributed by atoms with Crippen molar-refractivity contribution < 1.29 is 14.7 Å². The Morgan fingerprint density at radius 1 is 1.56 bits per heavy atom. The number of nitrogens with one attached hydrogen (secondary N) is 1. The third-order valence-electron chi connectivity index (χ3n) is 2.32. The quantitative estimate of drug-likeness (QED) is 0.888. The fourth-order valence-electron chi connectivity index (χ4n) is 1.16. The minimum absolute atomic E-state index is 0.410. The molecule has 0 unspecified atom stereocenters. The Hall–Kier alpha value is -1.08. The molecule has 18 heavy (non-hydrogen) atoms. The lowest BCUT2D eigenvalue weighted by Crippen LogP contribution is -2.53. The van der Waals surface area contributed by atoms with Crippen LogP contribution in [-0.4, -0.2) is 34.6 Å². The molecule has 0 aromatic carbocycles. The van der Waals surface area contributed by atoms with Gasteiger partial charge in [-0.3, -0.25) is 0 Å². The van der Waals surface area contributed by atoms with E-state index in [9.17, 15) is 9.59 Å². The molecule has 1 aromatic heterocycles. The van der Waals surface area contributed by atoms with E-state index in [-0.39, 0.29) is 0 Å². The Kier molecular flexibility index (Phi) is 4.75. The number of carboxylic acids is 1. The zero-order valence-corrected chi connectivity index (χ0v) is 12.8. The van der Waals surface area contributed by atoms with E-state index in [1.165, 1.54) is 30.1 Å². The average Bonchev–Trinajstić information content (AvgIpc) is 2.63. The maximum atomic E-state index is 11.8. The third-order valence-corrected chi connectivity index (χ3v) is 4.00. The number of carbonyl (C=O) groups excluding carboxylic acids is 1. The number of nitrogens with zero attached hydrogens (tertiary/aromatic N) is 1. The zero-order chi connectivity index (χ0) is 13.9. The van der Waals surface area contributed by atoms with Crippen molar-refractivity contribution in [3.05, 3.63) is 20.8 Å². The summed E-state index contributed by atoms with van der Waals surface area (Å²) in [5.74, 6) is -1.07. The standard InChI is InChI=1S/C11H15BrN2O3S/c1-11(2,9(15)16)13-10(17)14(3)5-8-4-7(12)6-18-8/h4,6H,5H2,1-3H3,(H,13,17)(H,15,16). The van der Waals surface area contributed by atoms with Gasteiger partial charge in [-0.15, -0.1) is 11.3 Å². The number of hydrogen-bond acceptors (Lipinski definition) is 3. The molecule has 0 aliphatic rings. The number of carbonyl (C=O) groups is 2. The lowest BCUT2D eigenvalue weighted by molar-refractivity contribution is -0.143. The Morgan fingerprint density at radius 3 is 2.61 bits per heavy atom. The summed E-state index contributed by atoms with van der Waals surface area (Å²) in [4.78, 5) is 25.2. The SMILES string of the molecule is CN(Cc1cc(Br)cs1)C(=O)NC(C)(C)C(=O)O. The molecule has 0 bridgehead atoms. The molecule has 2 N–H and O–H groups in total. The topological polar surface area (TPSA) is 69.6 Å². The van der Waals surface area contributed by atoms with E-state index >= 15 is 0 Å². The van der Waals surface area contributed by atoms with Crippen molar-refractivity contribution in [3.63, 3.8) is 0 Å². The van der Waals surface area contributed by atoms with Crippen LogP contribution in [0.1, 0.15) is 18.7 Å². The summed E-state index contributed by atoms with van der Waals surface area (Å²) in [5, 5.41) is 13.3. The normalized spacial score (nSPS) is 11.1. The van der Waals surface area contributed by atoms with Crippen LogP contribution >= 0.6 is 27.3 Å². The predicted octanol–water partition coefficient (Wildman–Crippen LogP) is 2.52. The number of amides is 2. The van der Waals surface area contributed by atoms with Crippen LogP contribution in [0.5, 0.6) is 0 Å². The van der Waals surface area contributed by atoms with Gasteiger partial charge in [0.2, 0.25) is 0 Å². The van der Waals surface area contributed by atoms with Crippen LogP contribution in [0.25, 0.3) is 0 Å². The first-order chi connectivity index (χ1) is 8.22. The van der Waals surface area contributed by atoms with Crippen molar-refractivity contribution in [1.82, 2.24) is 10.2 Å². The Bertz CT molecular complexity index is 459. The van der Waals surface area contributed by atoms with Crippen LogP contribution in [-0.2, 0) is 11.3 Å². The number of rotatable bonds is 4. The van der Waals surface area contributed by atoms with Gasteiger partial charge in [0.1, 0.15) is 5.54 Å². The van der Waals surface area contributed by atoms with Gasteiger partial charge in [-0.1, -0.05) is 0 Å². The molecule has 7 heteroatoms. The van der Waals surface area contributed by atoms with Crippen LogP contribution < -0.4 is 5.32 Å². The zero-order valence-electron chi connectivity index (χ0n) is 10.4. The molecule has 0 aliphatic carbocycles. The van der Waals surface area contributed by atoms with Crippen molar-refractivity contribution in [1.29, 1.82) is 0 Å². The first kappa shape index (κ1) is 15.0. The minimum Gasteiger partial charge on any atom is -0.480 e. The van der Waals surface area contributed by atoms with E-state index in [4.69, 9.17) is 5.11 Å². The minimum atomic E-state index is -1.28. The van der Waals surface area contributed by atoms with Gasteiger partial charge in [0.15, 0.2) is 0 Å². The van der Waals surface area contributed by atoms with Crippen LogP contribution in [0, 0.1) is 0 Å². The highest BCUT2D eigenvalue weighted by Gasteiger charge is 2.30. The number of hydrogen-bond donors (Lipinski definition) is 2. The van der Waals surface area contributed by atoms with Gasteiger partial charge < -0.3 is 15.3 Å². The lowest BCUT2D eigenvalue weighted by Gasteiger charge is -2.25. The monoisotopic (exact) mass is 334 g/mol. The summed E-state index contributed by atoms with van der Waals surface area (Å²) < 4.78 is 0.974. The van der Waals surface area contributed by atoms with Crippen molar-refractivity contribution >= 4 is 39.3 Å². The fourth-order valence-corrected chi connectivity index (χ4v) is 2.66. The summed E-state index contributed by atoms with van der Waals surface area (Å²) >= 11 is 4.88. The highest BCUT2D eigenvalue weighted by atomic mass is 79.9. The van der Waals surface area contributed by atoms with E-state index in [2.05, 4.69) is 21.2 Å². The highest BCUT2D eigenvalue weighted by Crippen LogP contribution is 2.20. The van der Waals surface area contributed by atoms with Crippen LogP contribution in [0.3, 0.4) is 0 Å². The Labute approximate surface area is 118 Å². The molecule has 0 saturated heterocycles. The van der Waals surface area contributed by atoms with Gasteiger partial charge in [-0.25, -0.2) is 9.59 Å². The van der Waals surface area contributed by atoms with Gasteiger partial charge in [0.25, 0.3) is 0 Å². The summed E-state index contributed by atoms with van der Waals surface area (Å²) in [5.41, 5.74) is -1.28. The Balaban J connectivity index is 2.59. The summed E-state index contributed by atoms with van der Waals surface area (Å²) in [6, 6.07) is 1.52. The smallest absolute Gasteiger partial charge is 0.328 e. The predicted molar refractivity (Wildman–Crippen MR) is 73.7 cm³/mol. The second-order valence-corrected chi connectivity index (χ2v) is 6.36. The highest BCUT2D eigenvalue weighted by molar-refractivity contribution is 9.10. The van der Waals surface area contributed by atoms with E-state index in [1.54, 1.807) is 7.05 Å². The molecule has 5 nitrogen and oxygen atoms in total. The molecule has 0 aliphatic heterocycles. The first-order valence-corrected chi connectivity index (χ1v) is 6.89. The van der Waals surface area contributed by atoms with Gasteiger partial charge in [-0.05, 0) is 35.8 Å². The Morgan fingerprint density at radius 2 is 2.17 bits per heavy atom. The number of urea groups is 1. The van der Waals surface area contributed by atoms with Gasteiger partial charge in [0.05, 0.1) is 6.54 Å². The molecule has 2 amide bonds. The molecule has 0 fully saturated rings. The van der Waals surface area contributed by atoms with Crippen molar-refractivity contribution in [2.45, 2.75) is 25.9 Å². The second-order valence-electron chi connectivity index (χ2n) is 4.45. The van der Waals surface area contributed by atoms with Crippen LogP contribution in [0.4, 0.5) is 4.79 Å². The maximum Gasteiger partial charge on any atom is 0.328 e. The molecular weight excluding hydrogens is 320 g/mol. The van der Waals surface area contributed by atoms with E-state index in [1.807, 2.05) is 11.4 Å². The lowest BCUT2D eigenvalue weighted by atomic mass is 10.1. The molecule has 0 spiro atoms. The van der Waals surface area contributed by atoms with Crippen molar-refractivity contribution in [2.24, 2.45) is 0 Å². The van der Waals surface area contributed by atoms with E-state index in [0.717, 1.165) is 9.35 Å². The summed E-state index contributed by atoms with van der Waals surface area (Å²) in [6.07, 6.45) is 0. The number of carboxylic acid groups (broad SMARTS) is 1. The second kappa shape index (κ2) is 5.71. The van der Waals surface area contributed by atoms with Gasteiger partial charge in [0, 0.05) is 21.8 Å². The van der Waals surface area contributed by atoms with E-state index < -0.39 is 17.5 Å². The molecule has 1 rings (SSSR count). The number of halogens is 1. The van der Waals surface area contributed by atoms with Gasteiger partial charge in [-0.2, -0.15) is 0 Å². The van der Waals surface area contributed by atoms with Gasteiger partial charge >= 0.3 is 12.0 Å². The summed E-state index contributed by atoms with van der Waals surface area (Å²) in [6.45, 7) is 3.34. The fraction of sp³-hybridized carbons (Fsp3) is 0.455. The molecule has 1 heterocycles. The van der Waals surface area contributed by atoms with Crippen LogP contribution in [0.2, 0.25) is 0 Å². The molecule has 0 radical (unpaired) electrons. The first-order valence-electron chi connectivity index (χ1n) is 5.22.